The van der Waals surface area contributed by atoms with Gasteiger partial charge in [0.15, 0.2) is 0 Å². The van der Waals surface area contributed by atoms with Gasteiger partial charge >= 0.3 is 5.97 Å². The predicted octanol–water partition coefficient (Wildman–Crippen LogP) is 1.79. The van der Waals surface area contributed by atoms with Crippen LogP contribution in [-0.4, -0.2) is 23.7 Å². The number of rotatable bonds is 3. The first-order valence-electron chi connectivity index (χ1n) is 5.58. The van der Waals surface area contributed by atoms with Crippen LogP contribution in [0, 0.1) is 13.8 Å². The van der Waals surface area contributed by atoms with Crippen LogP contribution in [0.25, 0.3) is 6.08 Å². The van der Waals surface area contributed by atoms with Crippen LogP contribution in [0.1, 0.15) is 34.2 Å². The van der Waals surface area contributed by atoms with E-state index in [1.165, 1.54) is 7.11 Å². The molecule has 0 fully saturated rings. The van der Waals surface area contributed by atoms with Crippen LogP contribution in [0.4, 0.5) is 0 Å². The first-order chi connectivity index (χ1) is 7.90. The molecule has 0 amide bonds. The highest BCUT2D eigenvalue weighted by atomic mass is 16.5. The van der Waals surface area contributed by atoms with Gasteiger partial charge in [-0.3, -0.25) is 0 Å². The number of hydrogen-bond acceptors (Lipinski definition) is 3. The van der Waals surface area contributed by atoms with Crippen molar-refractivity contribution in [1.29, 1.82) is 0 Å². The zero-order valence-electron chi connectivity index (χ0n) is 11.1. The maximum Gasteiger partial charge on any atom is 0.340 e. The van der Waals surface area contributed by atoms with Crippen LogP contribution in [0.15, 0.2) is 6.08 Å². The van der Waals surface area contributed by atoms with E-state index < -0.39 is 0 Å². The van der Waals surface area contributed by atoms with Gasteiger partial charge < -0.3 is 15.0 Å². The molecule has 1 rings (SSSR count). The summed E-state index contributed by atoms with van der Waals surface area (Å²) in [5, 5.41) is 0. The first kappa shape index (κ1) is 13.5. The molecule has 0 spiro atoms. The Morgan fingerprint density at radius 3 is 2.47 bits per heavy atom. The standard InChI is InChI=1S/C13H20N2O2/c1-8(14)6-7-11-9(2)15(4)10(3)12(11)13(16)17-5/h6-8H,14H2,1-5H3/b7-6+. The lowest BCUT2D eigenvalue weighted by Crippen LogP contribution is -2.10. The molecule has 94 valence electrons. The Morgan fingerprint density at radius 1 is 1.41 bits per heavy atom. The van der Waals surface area contributed by atoms with Crippen LogP contribution in [-0.2, 0) is 11.8 Å². The third-order valence-electron chi connectivity index (χ3n) is 2.98. The van der Waals surface area contributed by atoms with Crippen molar-refractivity contribution in [1.82, 2.24) is 4.57 Å². The molecule has 1 atom stereocenters. The summed E-state index contributed by atoms with van der Waals surface area (Å²) in [5.41, 5.74) is 9.11. The summed E-state index contributed by atoms with van der Waals surface area (Å²) >= 11 is 0. The maximum absolute atomic E-state index is 11.8. The topological polar surface area (TPSA) is 57.2 Å². The zero-order valence-corrected chi connectivity index (χ0v) is 11.1. The minimum Gasteiger partial charge on any atom is -0.465 e. The molecule has 17 heavy (non-hydrogen) atoms. The fraction of sp³-hybridized carbons (Fsp3) is 0.462. The molecular weight excluding hydrogens is 216 g/mol. The number of methoxy groups -OCH3 is 1. The Balaban J connectivity index is 3.36. The lowest BCUT2D eigenvalue weighted by atomic mass is 10.1. The van der Waals surface area contributed by atoms with Gasteiger partial charge in [0.05, 0.1) is 12.7 Å². The molecule has 0 aliphatic carbocycles. The van der Waals surface area contributed by atoms with Crippen molar-refractivity contribution in [2.24, 2.45) is 12.8 Å². The molecule has 0 aromatic carbocycles. The largest absolute Gasteiger partial charge is 0.465 e. The van der Waals surface area contributed by atoms with Gasteiger partial charge in [-0.15, -0.1) is 0 Å². The van der Waals surface area contributed by atoms with Gasteiger partial charge in [0.25, 0.3) is 0 Å². The van der Waals surface area contributed by atoms with E-state index in [-0.39, 0.29) is 12.0 Å². The molecule has 0 radical (unpaired) electrons. The summed E-state index contributed by atoms with van der Waals surface area (Å²) in [6, 6.07) is -0.0413. The van der Waals surface area contributed by atoms with Gasteiger partial charge in [0, 0.05) is 30.0 Å². The number of nitrogens with zero attached hydrogens (tertiary/aromatic N) is 1. The van der Waals surface area contributed by atoms with Gasteiger partial charge in [-0.05, 0) is 20.8 Å². The predicted molar refractivity (Wildman–Crippen MR) is 68.9 cm³/mol. The van der Waals surface area contributed by atoms with E-state index in [4.69, 9.17) is 10.5 Å². The van der Waals surface area contributed by atoms with Crippen molar-refractivity contribution in [2.75, 3.05) is 7.11 Å². The van der Waals surface area contributed by atoms with E-state index in [2.05, 4.69) is 0 Å². The van der Waals surface area contributed by atoms with Crippen molar-refractivity contribution >= 4 is 12.0 Å². The second-order valence-corrected chi connectivity index (χ2v) is 4.23. The average Bonchev–Trinajstić information content (AvgIpc) is 2.50. The third-order valence-corrected chi connectivity index (χ3v) is 2.98. The lowest BCUT2D eigenvalue weighted by molar-refractivity contribution is 0.0599. The number of carbonyl (C=O) groups is 1. The maximum atomic E-state index is 11.8. The molecule has 0 aliphatic heterocycles. The Labute approximate surface area is 102 Å². The molecule has 0 saturated heterocycles. The molecule has 1 heterocycles. The summed E-state index contributed by atoms with van der Waals surface area (Å²) in [6.45, 7) is 5.77. The fourth-order valence-electron chi connectivity index (χ4n) is 1.79. The minimum absolute atomic E-state index is 0.0413. The summed E-state index contributed by atoms with van der Waals surface area (Å²) in [7, 11) is 3.32. The van der Waals surface area contributed by atoms with Gasteiger partial charge in [0.1, 0.15) is 0 Å². The molecule has 0 bridgehead atoms. The summed E-state index contributed by atoms with van der Waals surface area (Å²) in [5.74, 6) is -0.310. The zero-order chi connectivity index (χ0) is 13.2. The van der Waals surface area contributed by atoms with E-state index in [0.717, 1.165) is 17.0 Å². The highest BCUT2D eigenvalue weighted by Crippen LogP contribution is 2.23. The fourth-order valence-corrected chi connectivity index (χ4v) is 1.79. The van der Waals surface area contributed by atoms with E-state index in [9.17, 15) is 4.79 Å². The van der Waals surface area contributed by atoms with Crippen LogP contribution in [0.3, 0.4) is 0 Å². The van der Waals surface area contributed by atoms with E-state index in [0.29, 0.717) is 5.56 Å². The quantitative estimate of drug-likeness (QED) is 0.814. The first-order valence-corrected chi connectivity index (χ1v) is 5.58. The van der Waals surface area contributed by atoms with Crippen LogP contribution < -0.4 is 5.73 Å². The lowest BCUT2D eigenvalue weighted by Gasteiger charge is -2.01. The number of ether oxygens (including phenoxy) is 1. The highest BCUT2D eigenvalue weighted by Gasteiger charge is 2.20. The summed E-state index contributed by atoms with van der Waals surface area (Å²) in [6.07, 6.45) is 3.76. The minimum atomic E-state index is -0.310. The Kier molecular flexibility index (Phi) is 4.12. The second kappa shape index (κ2) is 5.19. The monoisotopic (exact) mass is 236 g/mol. The van der Waals surface area contributed by atoms with Gasteiger partial charge in [-0.2, -0.15) is 0 Å². The van der Waals surface area contributed by atoms with Crippen molar-refractivity contribution < 1.29 is 9.53 Å². The molecule has 1 unspecified atom stereocenters. The van der Waals surface area contributed by atoms with Crippen LogP contribution in [0.2, 0.25) is 0 Å². The van der Waals surface area contributed by atoms with Gasteiger partial charge in [-0.1, -0.05) is 12.2 Å². The Hall–Kier alpha value is -1.55. The van der Waals surface area contributed by atoms with E-state index in [1.54, 1.807) is 0 Å². The molecule has 0 saturated carbocycles. The number of hydrogen-bond donors (Lipinski definition) is 1. The van der Waals surface area contributed by atoms with Crippen molar-refractivity contribution in [3.63, 3.8) is 0 Å². The van der Waals surface area contributed by atoms with Crippen molar-refractivity contribution in [3.8, 4) is 0 Å². The molecule has 0 aliphatic rings. The summed E-state index contributed by atoms with van der Waals surface area (Å²) in [4.78, 5) is 11.8. The number of carbonyl (C=O) groups excluding carboxylic acids is 1. The molecule has 4 nitrogen and oxygen atoms in total. The smallest absolute Gasteiger partial charge is 0.340 e. The van der Waals surface area contributed by atoms with Crippen molar-refractivity contribution in [3.05, 3.63) is 28.6 Å². The number of aromatic nitrogens is 1. The normalized spacial score (nSPS) is 13.1. The van der Waals surface area contributed by atoms with E-state index in [1.807, 2.05) is 44.5 Å². The highest BCUT2D eigenvalue weighted by molar-refractivity contribution is 5.95. The second-order valence-electron chi connectivity index (χ2n) is 4.23. The van der Waals surface area contributed by atoms with Crippen molar-refractivity contribution in [2.45, 2.75) is 26.8 Å². The SMILES string of the molecule is COC(=O)c1c(/C=C/C(C)N)c(C)n(C)c1C. The molecular formula is C13H20N2O2. The van der Waals surface area contributed by atoms with E-state index >= 15 is 0 Å². The summed E-state index contributed by atoms with van der Waals surface area (Å²) < 4.78 is 6.79. The molecule has 1 aromatic heterocycles. The van der Waals surface area contributed by atoms with Gasteiger partial charge in [-0.25, -0.2) is 4.79 Å². The third kappa shape index (κ3) is 2.58. The Bertz CT molecular complexity index is 456. The Morgan fingerprint density at radius 2 is 2.00 bits per heavy atom. The van der Waals surface area contributed by atoms with Gasteiger partial charge in [0.2, 0.25) is 0 Å². The molecule has 4 heteroatoms. The average molecular weight is 236 g/mol. The van der Waals surface area contributed by atoms with Crippen LogP contribution in [0.5, 0.6) is 0 Å². The van der Waals surface area contributed by atoms with Crippen LogP contribution >= 0.6 is 0 Å². The molecule has 1 aromatic rings. The number of esters is 1. The molecule has 2 N–H and O–H groups in total. The number of nitrogens with two attached hydrogens (primary N) is 1.